The molecule has 1 N–H and O–H groups in total. The van der Waals surface area contributed by atoms with Crippen molar-refractivity contribution in [1.82, 2.24) is 9.88 Å². The van der Waals surface area contributed by atoms with E-state index in [1.807, 2.05) is 24.3 Å². The van der Waals surface area contributed by atoms with Crippen molar-refractivity contribution in [3.8, 4) is 0 Å². The topological polar surface area (TPSA) is 75.4 Å². The Kier molecular flexibility index (Phi) is 5.85. The van der Waals surface area contributed by atoms with Crippen LogP contribution in [-0.4, -0.2) is 35.3 Å². The lowest BCUT2D eigenvalue weighted by Crippen LogP contribution is -2.34. The number of benzene rings is 1. The van der Waals surface area contributed by atoms with Crippen molar-refractivity contribution in [3.63, 3.8) is 0 Å². The van der Waals surface area contributed by atoms with Gasteiger partial charge in [0.15, 0.2) is 10.9 Å². The molecule has 2 amide bonds. The van der Waals surface area contributed by atoms with E-state index in [0.29, 0.717) is 5.13 Å². The molecule has 1 aromatic carbocycles. The minimum absolute atomic E-state index is 0.0822. The summed E-state index contributed by atoms with van der Waals surface area (Å²) in [4.78, 5) is 30.8. The molecule has 3 aromatic rings. The Morgan fingerprint density at radius 2 is 2.04 bits per heavy atom. The number of carbonyl (C=O) groups is 2. The van der Waals surface area contributed by atoms with Gasteiger partial charge in [-0.2, -0.15) is 0 Å². The van der Waals surface area contributed by atoms with E-state index in [9.17, 15) is 9.59 Å². The summed E-state index contributed by atoms with van der Waals surface area (Å²) in [5.41, 5.74) is 1.17. The van der Waals surface area contributed by atoms with Gasteiger partial charge in [-0.05, 0) is 29.8 Å². The maximum Gasteiger partial charge on any atom is 0.289 e. The smallest absolute Gasteiger partial charge is 0.289 e. The third-order valence-electron chi connectivity index (χ3n) is 3.55. The Bertz CT molecular complexity index is 891. The number of aromatic nitrogens is 1. The fourth-order valence-electron chi connectivity index (χ4n) is 2.28. The first kappa shape index (κ1) is 18.3. The molecule has 0 aliphatic carbocycles. The third kappa shape index (κ3) is 4.80. The Morgan fingerprint density at radius 3 is 2.73 bits per heavy atom. The number of halogens is 1. The highest BCUT2D eigenvalue weighted by Crippen LogP contribution is 2.22. The number of anilines is 1. The predicted octanol–water partition coefficient (Wildman–Crippen LogP) is 3.80. The van der Waals surface area contributed by atoms with E-state index in [0.717, 1.165) is 15.8 Å². The SMILES string of the molecule is CN(CC(=O)Nc1ncc(Cc2ccc(Br)cc2)s1)C(=O)c1ccco1. The van der Waals surface area contributed by atoms with Gasteiger partial charge in [-0.15, -0.1) is 11.3 Å². The molecule has 0 unspecified atom stereocenters. The van der Waals surface area contributed by atoms with Gasteiger partial charge >= 0.3 is 0 Å². The molecule has 3 rings (SSSR count). The van der Waals surface area contributed by atoms with Crippen LogP contribution < -0.4 is 5.32 Å². The molecular formula is C18H16BrN3O3S. The summed E-state index contributed by atoms with van der Waals surface area (Å²) >= 11 is 4.83. The average Bonchev–Trinajstić information content (AvgIpc) is 3.28. The Balaban J connectivity index is 1.54. The maximum atomic E-state index is 12.1. The van der Waals surface area contributed by atoms with Gasteiger partial charge in [-0.1, -0.05) is 28.1 Å². The van der Waals surface area contributed by atoms with Gasteiger partial charge < -0.3 is 14.6 Å². The fourth-order valence-corrected chi connectivity index (χ4v) is 3.41. The lowest BCUT2D eigenvalue weighted by Gasteiger charge is -2.14. The summed E-state index contributed by atoms with van der Waals surface area (Å²) in [6, 6.07) is 11.3. The number of furan rings is 1. The number of amides is 2. The quantitative estimate of drug-likeness (QED) is 0.641. The molecular weight excluding hydrogens is 418 g/mol. The monoisotopic (exact) mass is 433 g/mol. The Labute approximate surface area is 163 Å². The second-order valence-electron chi connectivity index (χ2n) is 5.62. The van der Waals surface area contributed by atoms with Crippen LogP contribution in [0.5, 0.6) is 0 Å². The Hall–Kier alpha value is -2.45. The van der Waals surface area contributed by atoms with Crippen LogP contribution >= 0.6 is 27.3 Å². The number of hydrogen-bond donors (Lipinski definition) is 1. The normalized spacial score (nSPS) is 10.5. The van der Waals surface area contributed by atoms with Gasteiger partial charge in [0, 0.05) is 29.0 Å². The lowest BCUT2D eigenvalue weighted by atomic mass is 10.1. The van der Waals surface area contributed by atoms with Gasteiger partial charge in [0.2, 0.25) is 5.91 Å². The molecule has 2 heterocycles. The molecule has 0 spiro atoms. The number of hydrogen-bond acceptors (Lipinski definition) is 5. The molecule has 26 heavy (non-hydrogen) atoms. The zero-order chi connectivity index (χ0) is 18.5. The number of carbonyl (C=O) groups excluding carboxylic acids is 2. The summed E-state index contributed by atoms with van der Waals surface area (Å²) in [6.07, 6.45) is 3.92. The largest absolute Gasteiger partial charge is 0.459 e. The predicted molar refractivity (Wildman–Crippen MR) is 103 cm³/mol. The third-order valence-corrected chi connectivity index (χ3v) is 4.99. The van der Waals surface area contributed by atoms with Crippen molar-refractivity contribution in [1.29, 1.82) is 0 Å². The molecule has 2 aromatic heterocycles. The molecule has 0 fully saturated rings. The van der Waals surface area contributed by atoms with Crippen LogP contribution in [0.3, 0.4) is 0 Å². The molecule has 0 aliphatic heterocycles. The summed E-state index contributed by atoms with van der Waals surface area (Å²) < 4.78 is 6.08. The van der Waals surface area contributed by atoms with Crippen molar-refractivity contribution >= 4 is 44.2 Å². The second-order valence-corrected chi connectivity index (χ2v) is 7.65. The first-order valence-corrected chi connectivity index (χ1v) is 9.40. The van der Waals surface area contributed by atoms with E-state index < -0.39 is 0 Å². The van der Waals surface area contributed by atoms with Crippen molar-refractivity contribution < 1.29 is 14.0 Å². The van der Waals surface area contributed by atoms with Crippen molar-refractivity contribution in [2.45, 2.75) is 6.42 Å². The summed E-state index contributed by atoms with van der Waals surface area (Å²) in [7, 11) is 1.55. The summed E-state index contributed by atoms with van der Waals surface area (Å²) in [5, 5.41) is 3.24. The number of nitrogens with one attached hydrogen (secondary N) is 1. The number of rotatable bonds is 6. The van der Waals surface area contributed by atoms with Gasteiger partial charge in [0.05, 0.1) is 6.26 Å². The molecule has 6 nitrogen and oxygen atoms in total. The zero-order valence-corrected chi connectivity index (χ0v) is 16.3. The van der Waals surface area contributed by atoms with Crippen LogP contribution in [0.15, 0.2) is 57.7 Å². The summed E-state index contributed by atoms with van der Waals surface area (Å²) in [6.45, 7) is -0.0822. The van der Waals surface area contributed by atoms with Gasteiger partial charge in [-0.25, -0.2) is 4.98 Å². The molecule has 0 bridgehead atoms. The summed E-state index contributed by atoms with van der Waals surface area (Å²) in [5.74, 6) is -0.455. The lowest BCUT2D eigenvalue weighted by molar-refractivity contribution is -0.116. The van der Waals surface area contributed by atoms with Crippen LogP contribution in [0.2, 0.25) is 0 Å². The zero-order valence-electron chi connectivity index (χ0n) is 13.9. The number of thiazole rings is 1. The van der Waals surface area contributed by atoms with Crippen LogP contribution in [0.25, 0.3) is 0 Å². The van der Waals surface area contributed by atoms with Gasteiger partial charge in [-0.3, -0.25) is 9.59 Å². The van der Waals surface area contributed by atoms with E-state index in [1.54, 1.807) is 25.4 Å². The van der Waals surface area contributed by atoms with E-state index in [1.165, 1.54) is 28.1 Å². The highest BCUT2D eigenvalue weighted by Gasteiger charge is 2.17. The van der Waals surface area contributed by atoms with E-state index in [2.05, 4.69) is 26.2 Å². The Morgan fingerprint density at radius 1 is 1.27 bits per heavy atom. The highest BCUT2D eigenvalue weighted by molar-refractivity contribution is 9.10. The maximum absolute atomic E-state index is 12.1. The number of nitrogens with zero attached hydrogens (tertiary/aromatic N) is 2. The molecule has 8 heteroatoms. The molecule has 0 saturated carbocycles. The standard InChI is InChI=1S/C18H16BrN3O3S/c1-22(17(24)15-3-2-8-25-15)11-16(23)21-18-20-10-14(26-18)9-12-4-6-13(19)7-5-12/h2-8,10H,9,11H2,1H3,(H,20,21,23). The number of likely N-dealkylation sites (N-methyl/N-ethyl adjacent to an activating group) is 1. The first-order chi connectivity index (χ1) is 12.5. The fraction of sp³-hybridized carbons (Fsp3) is 0.167. The van der Waals surface area contributed by atoms with Crippen LogP contribution in [0, 0.1) is 0 Å². The van der Waals surface area contributed by atoms with E-state index >= 15 is 0 Å². The van der Waals surface area contributed by atoms with Crippen molar-refractivity contribution in [2.24, 2.45) is 0 Å². The van der Waals surface area contributed by atoms with Crippen LogP contribution in [0.1, 0.15) is 21.0 Å². The minimum Gasteiger partial charge on any atom is -0.459 e. The minimum atomic E-state index is -0.347. The van der Waals surface area contributed by atoms with E-state index in [-0.39, 0.29) is 24.1 Å². The van der Waals surface area contributed by atoms with Gasteiger partial charge in [0.1, 0.15) is 6.54 Å². The molecule has 134 valence electrons. The van der Waals surface area contributed by atoms with Crippen molar-refractivity contribution in [2.75, 3.05) is 18.9 Å². The second kappa shape index (κ2) is 8.29. The molecule has 0 atom stereocenters. The molecule has 0 radical (unpaired) electrons. The molecule has 0 aliphatic rings. The molecule has 0 saturated heterocycles. The van der Waals surface area contributed by atoms with Crippen molar-refractivity contribution in [3.05, 3.63) is 69.5 Å². The average molecular weight is 434 g/mol. The van der Waals surface area contributed by atoms with Crippen LogP contribution in [0.4, 0.5) is 5.13 Å². The van der Waals surface area contributed by atoms with E-state index in [4.69, 9.17) is 4.42 Å². The highest BCUT2D eigenvalue weighted by atomic mass is 79.9. The first-order valence-electron chi connectivity index (χ1n) is 7.79. The van der Waals surface area contributed by atoms with Crippen LogP contribution in [-0.2, 0) is 11.2 Å². The van der Waals surface area contributed by atoms with Gasteiger partial charge in [0.25, 0.3) is 5.91 Å².